The van der Waals surface area contributed by atoms with Crippen LogP contribution >= 0.6 is 0 Å². The molecule has 1 aromatic heterocycles. The van der Waals surface area contributed by atoms with Crippen molar-refractivity contribution in [2.75, 3.05) is 26.7 Å². The van der Waals surface area contributed by atoms with E-state index in [0.29, 0.717) is 19.6 Å². The van der Waals surface area contributed by atoms with E-state index in [2.05, 4.69) is 20.9 Å². The van der Waals surface area contributed by atoms with Crippen LogP contribution in [0.15, 0.2) is 6.20 Å². The summed E-state index contributed by atoms with van der Waals surface area (Å²) >= 11 is 0. The zero-order valence-electron chi connectivity index (χ0n) is 9.31. The minimum Gasteiger partial charge on any atom is -0.336 e. The highest BCUT2D eigenvalue weighted by Crippen LogP contribution is 1.98. The van der Waals surface area contributed by atoms with Crippen molar-refractivity contribution < 1.29 is 4.79 Å². The van der Waals surface area contributed by atoms with Crippen molar-refractivity contribution in [2.24, 2.45) is 0 Å². The number of urea groups is 1. The Morgan fingerprint density at radius 1 is 1.56 bits per heavy atom. The molecular formula is C9H16N6O. The number of carbonyl (C=O) groups is 1. The number of amides is 2. The average Bonchev–Trinajstić information content (AvgIpc) is 2.86. The predicted octanol–water partition coefficient (Wildman–Crippen LogP) is -0.977. The van der Waals surface area contributed by atoms with Gasteiger partial charge in [0, 0.05) is 32.4 Å². The van der Waals surface area contributed by atoms with Crippen molar-refractivity contribution in [3.63, 3.8) is 0 Å². The number of carbonyl (C=O) groups excluding carboxylic acids is 1. The molecule has 7 nitrogen and oxygen atoms in total. The molecule has 88 valence electrons. The monoisotopic (exact) mass is 224 g/mol. The smallest absolute Gasteiger partial charge is 0.317 e. The highest BCUT2D eigenvalue weighted by molar-refractivity contribution is 5.76. The van der Waals surface area contributed by atoms with Gasteiger partial charge in [-0.15, -0.1) is 5.10 Å². The lowest BCUT2D eigenvalue weighted by atomic mass is 10.4. The van der Waals surface area contributed by atoms with Gasteiger partial charge in [0.05, 0.1) is 12.2 Å². The number of hydrogen-bond acceptors (Lipinski definition) is 4. The van der Waals surface area contributed by atoms with E-state index in [4.69, 9.17) is 0 Å². The van der Waals surface area contributed by atoms with Crippen LogP contribution in [0.1, 0.15) is 5.69 Å². The van der Waals surface area contributed by atoms with Gasteiger partial charge in [-0.05, 0) is 7.05 Å². The van der Waals surface area contributed by atoms with Crippen LogP contribution in [-0.4, -0.2) is 52.6 Å². The van der Waals surface area contributed by atoms with Gasteiger partial charge in [-0.1, -0.05) is 5.21 Å². The normalized spacial score (nSPS) is 15.6. The summed E-state index contributed by atoms with van der Waals surface area (Å²) in [6.45, 7) is 3.58. The molecular weight excluding hydrogens is 208 g/mol. The Bertz CT molecular complexity index is 363. The van der Waals surface area contributed by atoms with Gasteiger partial charge in [-0.25, -0.2) is 4.79 Å². The molecule has 1 saturated heterocycles. The Morgan fingerprint density at radius 3 is 3.12 bits per heavy atom. The molecule has 0 saturated carbocycles. The Labute approximate surface area is 93.8 Å². The molecule has 1 aliphatic rings. The number of aromatic nitrogens is 3. The van der Waals surface area contributed by atoms with Crippen LogP contribution in [0.25, 0.3) is 0 Å². The molecule has 1 aromatic rings. The van der Waals surface area contributed by atoms with E-state index in [1.807, 2.05) is 13.2 Å². The third-order valence-corrected chi connectivity index (χ3v) is 2.49. The largest absolute Gasteiger partial charge is 0.336 e. The number of nitrogens with zero attached hydrogens (tertiary/aromatic N) is 4. The number of hydrogen-bond donors (Lipinski definition) is 2. The van der Waals surface area contributed by atoms with E-state index >= 15 is 0 Å². The van der Waals surface area contributed by atoms with Crippen LogP contribution < -0.4 is 10.6 Å². The van der Waals surface area contributed by atoms with E-state index < -0.39 is 0 Å². The molecule has 2 amide bonds. The molecule has 16 heavy (non-hydrogen) atoms. The zero-order chi connectivity index (χ0) is 11.4. The van der Waals surface area contributed by atoms with Crippen LogP contribution in [0.4, 0.5) is 4.79 Å². The van der Waals surface area contributed by atoms with Crippen LogP contribution in [0, 0.1) is 0 Å². The topological polar surface area (TPSA) is 75.1 Å². The van der Waals surface area contributed by atoms with Gasteiger partial charge in [0.2, 0.25) is 0 Å². The molecule has 2 rings (SSSR count). The van der Waals surface area contributed by atoms with E-state index in [1.165, 1.54) is 0 Å². The Hall–Kier alpha value is -1.63. The predicted molar refractivity (Wildman–Crippen MR) is 57.8 cm³/mol. The zero-order valence-corrected chi connectivity index (χ0v) is 9.31. The fraction of sp³-hybridized carbons (Fsp3) is 0.667. The fourth-order valence-electron chi connectivity index (χ4n) is 1.66. The maximum Gasteiger partial charge on any atom is 0.317 e. The minimum absolute atomic E-state index is 0.00978. The first-order valence-corrected chi connectivity index (χ1v) is 5.36. The molecule has 0 bridgehead atoms. The molecule has 0 atom stereocenters. The molecule has 0 aromatic carbocycles. The van der Waals surface area contributed by atoms with E-state index in [0.717, 1.165) is 18.8 Å². The van der Waals surface area contributed by atoms with Gasteiger partial charge in [0.1, 0.15) is 0 Å². The SMILES string of the molecule is CNCc1cn(CCN2CCNC2=O)nn1. The van der Waals surface area contributed by atoms with Gasteiger partial charge in [0.15, 0.2) is 0 Å². The Morgan fingerprint density at radius 2 is 2.44 bits per heavy atom. The molecule has 7 heteroatoms. The summed E-state index contributed by atoms with van der Waals surface area (Å²) in [7, 11) is 1.87. The molecule has 0 radical (unpaired) electrons. The number of nitrogens with one attached hydrogen (secondary N) is 2. The lowest BCUT2D eigenvalue weighted by Gasteiger charge is -2.12. The van der Waals surface area contributed by atoms with E-state index in [-0.39, 0.29) is 6.03 Å². The molecule has 0 spiro atoms. The summed E-state index contributed by atoms with van der Waals surface area (Å²) in [6, 6.07) is 0.00978. The Kier molecular flexibility index (Phi) is 3.35. The molecule has 1 aliphatic heterocycles. The fourth-order valence-corrected chi connectivity index (χ4v) is 1.66. The third-order valence-electron chi connectivity index (χ3n) is 2.49. The van der Waals surface area contributed by atoms with E-state index in [9.17, 15) is 4.79 Å². The van der Waals surface area contributed by atoms with Gasteiger partial charge in [-0.3, -0.25) is 4.68 Å². The van der Waals surface area contributed by atoms with Crippen molar-refractivity contribution in [3.05, 3.63) is 11.9 Å². The molecule has 0 aliphatic carbocycles. The molecule has 0 unspecified atom stereocenters. The lowest BCUT2D eigenvalue weighted by Crippen LogP contribution is -2.31. The highest BCUT2D eigenvalue weighted by Gasteiger charge is 2.18. The third kappa shape index (κ3) is 2.48. The highest BCUT2D eigenvalue weighted by atomic mass is 16.2. The second-order valence-electron chi connectivity index (χ2n) is 3.72. The molecule has 1 fully saturated rings. The lowest BCUT2D eigenvalue weighted by molar-refractivity contribution is 0.215. The standard InChI is InChI=1S/C9H16N6O/c1-10-6-8-7-15(13-12-8)5-4-14-3-2-11-9(14)16/h7,10H,2-6H2,1H3,(H,11,16). The maximum absolute atomic E-state index is 11.3. The van der Waals surface area contributed by atoms with Crippen LogP contribution in [0.3, 0.4) is 0 Å². The van der Waals surface area contributed by atoms with Crippen molar-refractivity contribution in [3.8, 4) is 0 Å². The summed E-state index contributed by atoms with van der Waals surface area (Å²) in [5.41, 5.74) is 0.911. The maximum atomic E-state index is 11.3. The van der Waals surface area contributed by atoms with Crippen molar-refractivity contribution >= 4 is 6.03 Å². The quantitative estimate of drug-likeness (QED) is 0.674. The second kappa shape index (κ2) is 4.93. The van der Waals surface area contributed by atoms with Crippen molar-refractivity contribution in [2.45, 2.75) is 13.1 Å². The van der Waals surface area contributed by atoms with E-state index in [1.54, 1.807) is 9.58 Å². The first-order valence-electron chi connectivity index (χ1n) is 5.36. The summed E-state index contributed by atoms with van der Waals surface area (Å²) in [4.78, 5) is 13.0. The first kappa shape index (κ1) is 10.9. The minimum atomic E-state index is 0.00978. The van der Waals surface area contributed by atoms with Crippen molar-refractivity contribution in [1.29, 1.82) is 0 Å². The summed E-state index contributed by atoms with van der Waals surface area (Å²) in [6.07, 6.45) is 1.89. The van der Waals surface area contributed by atoms with Crippen LogP contribution in [0.2, 0.25) is 0 Å². The van der Waals surface area contributed by atoms with Crippen molar-refractivity contribution in [1.82, 2.24) is 30.5 Å². The number of rotatable bonds is 5. The second-order valence-corrected chi connectivity index (χ2v) is 3.72. The summed E-state index contributed by atoms with van der Waals surface area (Å²) in [5, 5.41) is 13.8. The molecule has 2 N–H and O–H groups in total. The molecule has 2 heterocycles. The van der Waals surface area contributed by atoms with Gasteiger partial charge in [0.25, 0.3) is 0 Å². The first-order chi connectivity index (χ1) is 7.79. The van der Waals surface area contributed by atoms with Crippen LogP contribution in [-0.2, 0) is 13.1 Å². The van der Waals surface area contributed by atoms with Gasteiger partial charge >= 0.3 is 6.03 Å². The van der Waals surface area contributed by atoms with Gasteiger partial charge < -0.3 is 15.5 Å². The Balaban J connectivity index is 1.82. The summed E-state index contributed by atoms with van der Waals surface area (Å²) in [5.74, 6) is 0. The summed E-state index contributed by atoms with van der Waals surface area (Å²) < 4.78 is 1.76. The van der Waals surface area contributed by atoms with Gasteiger partial charge in [-0.2, -0.15) is 0 Å². The average molecular weight is 224 g/mol. The van der Waals surface area contributed by atoms with Crippen LogP contribution in [0.5, 0.6) is 0 Å².